The van der Waals surface area contributed by atoms with Crippen LogP contribution in [0.5, 0.6) is 5.75 Å². The molecule has 0 bridgehead atoms. The lowest BCUT2D eigenvalue weighted by Crippen LogP contribution is -2.26. The number of thiophene rings is 1. The van der Waals surface area contributed by atoms with Gasteiger partial charge in [-0.05, 0) is 35.4 Å². The highest BCUT2D eigenvalue weighted by Gasteiger charge is 2.17. The smallest absolute Gasteiger partial charge is 0.346 e. The highest BCUT2D eigenvalue weighted by atomic mass is 35.5. The fourth-order valence-corrected chi connectivity index (χ4v) is 3.94. The number of nitrogens with two attached hydrogens (primary N) is 1. The number of halogens is 2. The first kappa shape index (κ1) is 21.8. The summed E-state index contributed by atoms with van der Waals surface area (Å²) < 4.78 is 20.8. The minimum Gasteiger partial charge on any atom is -0.482 e. The summed E-state index contributed by atoms with van der Waals surface area (Å²) >= 11 is 1.54. The van der Waals surface area contributed by atoms with Crippen LogP contribution in [-0.2, 0) is 17.9 Å². The summed E-state index contributed by atoms with van der Waals surface area (Å²) in [7, 11) is 0. The van der Waals surface area contributed by atoms with E-state index >= 15 is 0 Å². The second-order valence-electron chi connectivity index (χ2n) is 6.48. The van der Waals surface area contributed by atoms with Crippen molar-refractivity contribution in [3.63, 3.8) is 0 Å². The second kappa shape index (κ2) is 9.24. The van der Waals surface area contributed by atoms with E-state index in [2.05, 4.69) is 10.4 Å². The number of ether oxygens (including phenoxy) is 1. The van der Waals surface area contributed by atoms with Gasteiger partial charge < -0.3 is 15.8 Å². The Morgan fingerprint density at radius 1 is 1.33 bits per heavy atom. The number of rotatable bonds is 6. The number of amides is 1. The molecule has 0 fully saturated rings. The van der Waals surface area contributed by atoms with Gasteiger partial charge in [0.1, 0.15) is 12.1 Å². The minimum atomic E-state index is -0.328. The number of carbonyl (C=O) groups is 1. The van der Waals surface area contributed by atoms with Gasteiger partial charge in [-0.25, -0.2) is 13.9 Å². The van der Waals surface area contributed by atoms with Crippen molar-refractivity contribution in [3.05, 3.63) is 63.9 Å². The summed E-state index contributed by atoms with van der Waals surface area (Å²) in [6.45, 7) is 0.416. The van der Waals surface area contributed by atoms with Crippen molar-refractivity contribution in [2.45, 2.75) is 13.1 Å². The van der Waals surface area contributed by atoms with E-state index in [1.54, 1.807) is 11.3 Å². The van der Waals surface area contributed by atoms with Crippen LogP contribution in [0, 0.1) is 0 Å². The van der Waals surface area contributed by atoms with Crippen LogP contribution in [0.25, 0.3) is 10.4 Å². The number of nitrogens with zero attached hydrogens (tertiary/aromatic N) is 3. The zero-order valence-corrected chi connectivity index (χ0v) is 17.3. The maximum atomic E-state index is 12.7. The van der Waals surface area contributed by atoms with Gasteiger partial charge in [0.15, 0.2) is 6.61 Å². The van der Waals surface area contributed by atoms with Crippen LogP contribution in [0.3, 0.4) is 0 Å². The van der Waals surface area contributed by atoms with Gasteiger partial charge in [-0.1, -0.05) is 6.07 Å². The quantitative estimate of drug-likeness (QED) is 0.598. The van der Waals surface area contributed by atoms with E-state index in [1.807, 2.05) is 30.3 Å². The standard InChI is InChI=1S/C19H18FN5O3S.ClH/c20-6-12(7-21)8-25-19(27)24(11-22-25)9-14-2-4-17(29-14)13-1-3-15-16(5-13)28-10-18(26)23-15;/h1-6,11H,7-10,21H2,(H,23,26);1H/b12-6+;. The third-order valence-corrected chi connectivity index (χ3v) is 5.57. The highest BCUT2D eigenvalue weighted by molar-refractivity contribution is 7.15. The molecular formula is C19H19ClFN5O3S. The summed E-state index contributed by atoms with van der Waals surface area (Å²) in [5.41, 5.74) is 7.01. The average molecular weight is 452 g/mol. The van der Waals surface area contributed by atoms with Gasteiger partial charge in [-0.2, -0.15) is 5.10 Å². The third kappa shape index (κ3) is 4.45. The molecule has 0 spiro atoms. The molecule has 3 heterocycles. The molecule has 0 unspecified atom stereocenters. The molecule has 8 nitrogen and oxygen atoms in total. The largest absolute Gasteiger partial charge is 0.482 e. The lowest BCUT2D eigenvalue weighted by atomic mass is 10.1. The van der Waals surface area contributed by atoms with Crippen LogP contribution >= 0.6 is 23.7 Å². The molecule has 0 saturated heterocycles. The summed E-state index contributed by atoms with van der Waals surface area (Å²) in [5.74, 6) is 0.460. The predicted molar refractivity (Wildman–Crippen MR) is 115 cm³/mol. The van der Waals surface area contributed by atoms with Crippen molar-refractivity contribution < 1.29 is 13.9 Å². The van der Waals surface area contributed by atoms with Crippen molar-refractivity contribution in [2.75, 3.05) is 18.5 Å². The second-order valence-corrected chi connectivity index (χ2v) is 7.65. The van der Waals surface area contributed by atoms with Gasteiger partial charge in [0.05, 0.1) is 25.1 Å². The molecule has 0 saturated carbocycles. The van der Waals surface area contributed by atoms with E-state index < -0.39 is 0 Å². The number of hydrogen-bond donors (Lipinski definition) is 2. The number of nitrogens with one attached hydrogen (secondary N) is 1. The predicted octanol–water partition coefficient (Wildman–Crippen LogP) is 2.39. The van der Waals surface area contributed by atoms with Crippen LogP contribution in [-0.4, -0.2) is 33.4 Å². The maximum Gasteiger partial charge on any atom is 0.346 e. The molecule has 1 aliphatic rings. The van der Waals surface area contributed by atoms with E-state index in [-0.39, 0.29) is 43.7 Å². The number of hydrogen-bond acceptors (Lipinski definition) is 6. The van der Waals surface area contributed by atoms with Crippen LogP contribution in [0.2, 0.25) is 0 Å². The summed E-state index contributed by atoms with van der Waals surface area (Å²) in [4.78, 5) is 25.8. The summed E-state index contributed by atoms with van der Waals surface area (Å²) in [6.07, 6.45) is 1.84. The van der Waals surface area contributed by atoms with Gasteiger partial charge in [-0.3, -0.25) is 9.36 Å². The minimum absolute atomic E-state index is 0. The molecule has 1 aliphatic heterocycles. The summed E-state index contributed by atoms with van der Waals surface area (Å²) in [6, 6.07) is 9.51. The van der Waals surface area contributed by atoms with Gasteiger partial charge in [0, 0.05) is 16.3 Å². The normalized spacial score (nSPS) is 13.3. The van der Waals surface area contributed by atoms with E-state index in [9.17, 15) is 14.0 Å². The Morgan fingerprint density at radius 2 is 2.17 bits per heavy atom. The Labute approximate surface area is 181 Å². The molecule has 0 radical (unpaired) electrons. The van der Waals surface area contributed by atoms with E-state index in [0.717, 1.165) is 15.3 Å². The van der Waals surface area contributed by atoms with Gasteiger partial charge in [0.2, 0.25) is 0 Å². The Kier molecular flexibility index (Phi) is 6.70. The number of aromatic nitrogens is 3. The van der Waals surface area contributed by atoms with E-state index in [4.69, 9.17) is 10.5 Å². The number of carbonyl (C=O) groups excluding carboxylic acids is 1. The zero-order valence-electron chi connectivity index (χ0n) is 15.7. The van der Waals surface area contributed by atoms with Crippen molar-refractivity contribution >= 4 is 35.3 Å². The molecule has 3 aromatic rings. The van der Waals surface area contributed by atoms with Crippen LogP contribution in [0.1, 0.15) is 4.88 Å². The molecule has 158 valence electrons. The van der Waals surface area contributed by atoms with Crippen molar-refractivity contribution in [1.29, 1.82) is 0 Å². The molecule has 0 aliphatic carbocycles. The Bertz CT molecular complexity index is 1150. The average Bonchev–Trinajstić information content (AvgIpc) is 3.33. The third-order valence-electron chi connectivity index (χ3n) is 4.45. The maximum absolute atomic E-state index is 12.7. The van der Waals surface area contributed by atoms with Crippen LogP contribution in [0.15, 0.2) is 53.4 Å². The van der Waals surface area contributed by atoms with Gasteiger partial charge in [0.25, 0.3) is 5.91 Å². The Hall–Kier alpha value is -2.95. The molecular weight excluding hydrogens is 433 g/mol. The molecule has 1 amide bonds. The van der Waals surface area contributed by atoms with Gasteiger partial charge >= 0.3 is 5.69 Å². The fourth-order valence-electron chi connectivity index (χ4n) is 2.94. The summed E-state index contributed by atoms with van der Waals surface area (Å²) in [5, 5.41) is 6.79. The lowest BCUT2D eigenvalue weighted by molar-refractivity contribution is -0.118. The Morgan fingerprint density at radius 3 is 2.93 bits per heavy atom. The van der Waals surface area contributed by atoms with Crippen molar-refractivity contribution in [1.82, 2.24) is 14.3 Å². The highest BCUT2D eigenvalue weighted by Crippen LogP contribution is 2.35. The lowest BCUT2D eigenvalue weighted by Gasteiger charge is -2.18. The topological polar surface area (TPSA) is 104 Å². The molecule has 11 heteroatoms. The molecule has 4 rings (SSSR count). The molecule has 3 N–H and O–H groups in total. The number of benzene rings is 1. The fraction of sp³-hybridized carbons (Fsp3) is 0.211. The van der Waals surface area contributed by atoms with Crippen molar-refractivity contribution in [2.24, 2.45) is 5.73 Å². The SMILES string of the molecule is Cl.NC/C(=C\F)Cn1ncn(Cc2ccc(-c3ccc4c(c3)OCC(=O)N4)s2)c1=O. The monoisotopic (exact) mass is 451 g/mol. The molecule has 0 atom stereocenters. The first-order valence-corrected chi connectivity index (χ1v) is 9.65. The van der Waals surface area contributed by atoms with Crippen LogP contribution < -0.4 is 21.5 Å². The van der Waals surface area contributed by atoms with Gasteiger partial charge in [-0.15, -0.1) is 23.7 Å². The first-order valence-electron chi connectivity index (χ1n) is 8.83. The van der Waals surface area contributed by atoms with E-state index in [0.29, 0.717) is 29.9 Å². The van der Waals surface area contributed by atoms with E-state index in [1.165, 1.54) is 15.6 Å². The van der Waals surface area contributed by atoms with Crippen LogP contribution in [0.4, 0.5) is 10.1 Å². The molecule has 1 aromatic carbocycles. The Balaban J connectivity index is 0.00000256. The zero-order chi connectivity index (χ0) is 20.4. The molecule has 30 heavy (non-hydrogen) atoms. The number of fused-ring (bicyclic) bond motifs is 1. The number of anilines is 1. The first-order chi connectivity index (χ1) is 14.1. The van der Waals surface area contributed by atoms with Crippen molar-refractivity contribution in [3.8, 4) is 16.2 Å². The molecule has 2 aromatic heterocycles.